The van der Waals surface area contributed by atoms with Crippen LogP contribution >= 0.6 is 0 Å². The standard InChI is InChI=1S/C23H29N3O2/c1-4-16(3)21(23(28)25-19-11-7-8-15(2)12-19)26-22(27)20-13-17-9-5-6-10-18(17)14-24-20/h5-12,16,20-21,24H,4,13-14H2,1-3H3,(H,25,28)(H,26,27)/p+1/t16-,20+,21+/m1/s1. The number of anilines is 1. The molecular formula is C23H30N3O2+. The summed E-state index contributed by atoms with van der Waals surface area (Å²) in [4.78, 5) is 25.8. The molecule has 2 aromatic rings. The quantitative estimate of drug-likeness (QED) is 0.718. The second-order valence-corrected chi connectivity index (χ2v) is 7.75. The number of quaternary nitrogens is 1. The van der Waals surface area contributed by atoms with Gasteiger partial charge in [-0.2, -0.15) is 0 Å². The van der Waals surface area contributed by atoms with Crippen LogP contribution in [0, 0.1) is 12.8 Å². The van der Waals surface area contributed by atoms with Gasteiger partial charge < -0.3 is 16.0 Å². The highest BCUT2D eigenvalue weighted by atomic mass is 16.2. The molecule has 1 heterocycles. The molecule has 0 saturated carbocycles. The molecule has 0 spiro atoms. The van der Waals surface area contributed by atoms with E-state index < -0.39 is 6.04 Å². The monoisotopic (exact) mass is 380 g/mol. The minimum absolute atomic E-state index is 0.0460. The molecule has 3 atom stereocenters. The molecule has 1 aliphatic heterocycles. The van der Waals surface area contributed by atoms with Gasteiger partial charge in [0.15, 0.2) is 6.04 Å². The molecule has 0 bridgehead atoms. The fraction of sp³-hybridized carbons (Fsp3) is 0.391. The van der Waals surface area contributed by atoms with Crippen molar-refractivity contribution in [2.24, 2.45) is 5.92 Å². The number of nitrogens with one attached hydrogen (secondary N) is 2. The summed E-state index contributed by atoms with van der Waals surface area (Å²) in [5, 5.41) is 8.04. The van der Waals surface area contributed by atoms with Gasteiger partial charge in [-0.1, -0.05) is 56.7 Å². The van der Waals surface area contributed by atoms with Crippen molar-refractivity contribution in [3.05, 3.63) is 65.2 Å². The highest BCUT2D eigenvalue weighted by molar-refractivity contribution is 5.98. The molecule has 0 aromatic heterocycles. The van der Waals surface area contributed by atoms with Gasteiger partial charge in [-0.3, -0.25) is 9.59 Å². The number of hydrogen-bond donors (Lipinski definition) is 3. The van der Waals surface area contributed by atoms with Gasteiger partial charge in [-0.15, -0.1) is 0 Å². The third-order valence-electron chi connectivity index (χ3n) is 5.60. The van der Waals surface area contributed by atoms with E-state index in [0.717, 1.165) is 24.2 Å². The Morgan fingerprint density at radius 1 is 1.14 bits per heavy atom. The number of carbonyl (C=O) groups excluding carboxylic acids is 2. The van der Waals surface area contributed by atoms with Gasteiger partial charge in [-0.05, 0) is 36.1 Å². The topological polar surface area (TPSA) is 74.8 Å². The van der Waals surface area contributed by atoms with Crippen LogP contribution in [0.4, 0.5) is 5.69 Å². The van der Waals surface area contributed by atoms with Crippen LogP contribution < -0.4 is 16.0 Å². The zero-order valence-electron chi connectivity index (χ0n) is 16.9. The third kappa shape index (κ3) is 4.78. The van der Waals surface area contributed by atoms with E-state index in [4.69, 9.17) is 0 Å². The lowest BCUT2D eigenvalue weighted by molar-refractivity contribution is -0.695. The molecule has 0 unspecified atom stereocenters. The Labute approximate surface area is 166 Å². The first-order chi connectivity index (χ1) is 13.5. The van der Waals surface area contributed by atoms with Crippen molar-refractivity contribution < 1.29 is 14.9 Å². The van der Waals surface area contributed by atoms with Gasteiger partial charge >= 0.3 is 0 Å². The first-order valence-corrected chi connectivity index (χ1v) is 10.1. The van der Waals surface area contributed by atoms with E-state index in [0.29, 0.717) is 6.42 Å². The molecule has 4 N–H and O–H groups in total. The van der Waals surface area contributed by atoms with Crippen molar-refractivity contribution in [3.8, 4) is 0 Å². The van der Waals surface area contributed by atoms with Crippen LogP contribution in [0.2, 0.25) is 0 Å². The van der Waals surface area contributed by atoms with Crippen molar-refractivity contribution in [2.75, 3.05) is 5.32 Å². The lowest BCUT2D eigenvalue weighted by atomic mass is 9.94. The summed E-state index contributed by atoms with van der Waals surface area (Å²) >= 11 is 0. The number of rotatable bonds is 6. The molecular weight excluding hydrogens is 350 g/mol. The first kappa shape index (κ1) is 20.1. The number of aryl methyl sites for hydroxylation is 1. The smallest absolute Gasteiger partial charge is 0.279 e. The van der Waals surface area contributed by atoms with Crippen molar-refractivity contribution in [2.45, 2.75) is 52.2 Å². The lowest BCUT2D eigenvalue weighted by Crippen LogP contribution is -2.93. The Hall–Kier alpha value is -2.66. The Morgan fingerprint density at radius 2 is 1.89 bits per heavy atom. The average molecular weight is 381 g/mol. The van der Waals surface area contributed by atoms with E-state index in [9.17, 15) is 9.59 Å². The number of hydrogen-bond acceptors (Lipinski definition) is 2. The van der Waals surface area contributed by atoms with E-state index in [2.05, 4.69) is 28.1 Å². The van der Waals surface area contributed by atoms with Gasteiger partial charge in [0.25, 0.3) is 5.91 Å². The zero-order valence-corrected chi connectivity index (χ0v) is 16.9. The second kappa shape index (κ2) is 9.02. The van der Waals surface area contributed by atoms with Crippen LogP contribution in [0.1, 0.15) is 37.0 Å². The molecule has 0 aliphatic carbocycles. The van der Waals surface area contributed by atoms with E-state index in [1.54, 1.807) is 0 Å². The predicted molar refractivity (Wildman–Crippen MR) is 111 cm³/mol. The number of fused-ring (bicyclic) bond motifs is 1. The number of benzene rings is 2. The van der Waals surface area contributed by atoms with Crippen LogP contribution in [0.25, 0.3) is 0 Å². The van der Waals surface area contributed by atoms with E-state index >= 15 is 0 Å². The molecule has 148 valence electrons. The molecule has 5 heteroatoms. The maximum Gasteiger partial charge on any atom is 0.279 e. The molecule has 2 aromatic carbocycles. The van der Waals surface area contributed by atoms with Crippen LogP contribution in [0.5, 0.6) is 0 Å². The maximum absolute atomic E-state index is 12.9. The highest BCUT2D eigenvalue weighted by Gasteiger charge is 2.32. The normalized spacial score (nSPS) is 17.9. The first-order valence-electron chi connectivity index (χ1n) is 10.1. The zero-order chi connectivity index (χ0) is 20.1. The summed E-state index contributed by atoms with van der Waals surface area (Å²) in [7, 11) is 0. The molecule has 0 fully saturated rings. The van der Waals surface area contributed by atoms with Gasteiger partial charge in [-0.25, -0.2) is 0 Å². The molecule has 0 radical (unpaired) electrons. The van der Waals surface area contributed by atoms with Crippen molar-refractivity contribution in [1.29, 1.82) is 0 Å². The Kier molecular flexibility index (Phi) is 6.47. The molecule has 3 rings (SSSR count). The van der Waals surface area contributed by atoms with Crippen molar-refractivity contribution in [3.63, 3.8) is 0 Å². The van der Waals surface area contributed by atoms with E-state index in [1.165, 1.54) is 11.1 Å². The fourth-order valence-corrected chi connectivity index (χ4v) is 3.65. The van der Waals surface area contributed by atoms with Gasteiger partial charge in [0.2, 0.25) is 5.91 Å². The van der Waals surface area contributed by atoms with Crippen LogP contribution in [-0.4, -0.2) is 23.9 Å². The van der Waals surface area contributed by atoms with Crippen molar-refractivity contribution >= 4 is 17.5 Å². The van der Waals surface area contributed by atoms with E-state index in [1.807, 2.05) is 57.2 Å². The van der Waals surface area contributed by atoms with Crippen LogP contribution in [0.3, 0.4) is 0 Å². The minimum Gasteiger partial charge on any atom is -0.339 e. The SMILES string of the molecule is CC[C@@H](C)[C@H](NC(=O)[C@@H]1Cc2ccccc2C[NH2+]1)C(=O)Nc1cccc(C)c1. The summed E-state index contributed by atoms with van der Waals surface area (Å²) in [6, 6.07) is 15.2. The summed E-state index contributed by atoms with van der Waals surface area (Å²) in [5.74, 6) is -0.187. The summed E-state index contributed by atoms with van der Waals surface area (Å²) in [5.41, 5.74) is 4.33. The highest BCUT2D eigenvalue weighted by Crippen LogP contribution is 2.16. The Bertz CT molecular complexity index is 849. The van der Waals surface area contributed by atoms with Crippen LogP contribution in [0.15, 0.2) is 48.5 Å². The van der Waals surface area contributed by atoms with Gasteiger partial charge in [0.05, 0.1) is 0 Å². The number of carbonyl (C=O) groups is 2. The molecule has 28 heavy (non-hydrogen) atoms. The lowest BCUT2D eigenvalue weighted by Gasteiger charge is -2.27. The fourth-order valence-electron chi connectivity index (χ4n) is 3.65. The number of nitrogens with two attached hydrogens (primary N) is 1. The van der Waals surface area contributed by atoms with E-state index in [-0.39, 0.29) is 23.8 Å². The minimum atomic E-state index is -0.552. The average Bonchev–Trinajstić information content (AvgIpc) is 2.70. The van der Waals surface area contributed by atoms with Gasteiger partial charge in [0.1, 0.15) is 12.6 Å². The van der Waals surface area contributed by atoms with Crippen LogP contribution in [-0.2, 0) is 22.6 Å². The Morgan fingerprint density at radius 3 is 2.61 bits per heavy atom. The summed E-state index contributed by atoms with van der Waals surface area (Å²) < 4.78 is 0. The maximum atomic E-state index is 12.9. The third-order valence-corrected chi connectivity index (χ3v) is 5.60. The molecule has 1 aliphatic rings. The molecule has 2 amide bonds. The molecule has 5 nitrogen and oxygen atoms in total. The summed E-state index contributed by atoms with van der Waals surface area (Å²) in [6.45, 7) is 6.81. The Balaban J connectivity index is 1.68. The summed E-state index contributed by atoms with van der Waals surface area (Å²) in [6.07, 6.45) is 1.50. The number of amides is 2. The van der Waals surface area contributed by atoms with Gasteiger partial charge in [0, 0.05) is 17.7 Å². The predicted octanol–water partition coefficient (Wildman–Crippen LogP) is 2.15. The largest absolute Gasteiger partial charge is 0.339 e. The van der Waals surface area contributed by atoms with Crippen molar-refractivity contribution in [1.82, 2.24) is 5.32 Å². The second-order valence-electron chi connectivity index (χ2n) is 7.75. The molecule has 0 saturated heterocycles.